The van der Waals surface area contributed by atoms with Crippen molar-refractivity contribution in [2.75, 3.05) is 0 Å². The lowest BCUT2D eigenvalue weighted by atomic mass is 10.1. The van der Waals surface area contributed by atoms with Crippen molar-refractivity contribution in [1.82, 2.24) is 15.0 Å². The fourth-order valence-electron chi connectivity index (χ4n) is 2.08. The summed E-state index contributed by atoms with van der Waals surface area (Å²) < 4.78 is 1.65. The predicted octanol–water partition coefficient (Wildman–Crippen LogP) is 2.62. The molecule has 0 bridgehead atoms. The van der Waals surface area contributed by atoms with Crippen molar-refractivity contribution in [1.29, 1.82) is 5.26 Å². The molecular formula is C15H10N4O2S. The second-order valence-corrected chi connectivity index (χ2v) is 5.48. The molecular weight excluding hydrogens is 300 g/mol. The molecule has 1 N–H and O–H groups in total. The van der Waals surface area contributed by atoms with Crippen LogP contribution in [0.15, 0.2) is 41.8 Å². The topological polar surface area (TPSA) is 91.8 Å². The van der Waals surface area contributed by atoms with Crippen molar-refractivity contribution in [3.63, 3.8) is 0 Å². The minimum Gasteiger partial charge on any atom is -0.478 e. The summed E-state index contributed by atoms with van der Waals surface area (Å²) in [5.74, 6) is -0.960. The SMILES string of the molecule is N#Cc1nnn(Cc2ccc(C(=O)O)cc2)c1-c1cccs1. The predicted molar refractivity (Wildman–Crippen MR) is 80.6 cm³/mol. The molecule has 0 amide bonds. The van der Waals surface area contributed by atoms with E-state index in [9.17, 15) is 4.79 Å². The van der Waals surface area contributed by atoms with Crippen molar-refractivity contribution in [2.24, 2.45) is 0 Å². The van der Waals surface area contributed by atoms with Gasteiger partial charge in [0.25, 0.3) is 0 Å². The Hall–Kier alpha value is -2.98. The van der Waals surface area contributed by atoms with Gasteiger partial charge < -0.3 is 5.11 Å². The van der Waals surface area contributed by atoms with E-state index < -0.39 is 5.97 Å². The molecule has 7 heteroatoms. The molecule has 22 heavy (non-hydrogen) atoms. The lowest BCUT2D eigenvalue weighted by Crippen LogP contribution is -2.04. The minimum atomic E-state index is -0.960. The van der Waals surface area contributed by atoms with Gasteiger partial charge in [0.2, 0.25) is 0 Å². The lowest BCUT2D eigenvalue weighted by Gasteiger charge is -2.05. The molecule has 2 heterocycles. The van der Waals surface area contributed by atoms with Crippen LogP contribution in [0.1, 0.15) is 21.6 Å². The second-order valence-electron chi connectivity index (χ2n) is 4.54. The Morgan fingerprint density at radius 1 is 1.32 bits per heavy atom. The lowest BCUT2D eigenvalue weighted by molar-refractivity contribution is 0.0697. The van der Waals surface area contributed by atoms with Crippen LogP contribution in [0, 0.1) is 11.3 Å². The van der Waals surface area contributed by atoms with Crippen LogP contribution in [0.5, 0.6) is 0 Å². The quantitative estimate of drug-likeness (QED) is 0.799. The number of hydrogen-bond donors (Lipinski definition) is 1. The maximum absolute atomic E-state index is 10.9. The molecule has 0 unspecified atom stereocenters. The number of thiophene rings is 1. The van der Waals surface area contributed by atoms with E-state index >= 15 is 0 Å². The van der Waals surface area contributed by atoms with E-state index in [4.69, 9.17) is 10.4 Å². The van der Waals surface area contributed by atoms with Gasteiger partial charge in [0.1, 0.15) is 11.8 Å². The zero-order valence-corrected chi connectivity index (χ0v) is 12.1. The number of rotatable bonds is 4. The molecule has 0 aliphatic rings. The number of benzene rings is 1. The van der Waals surface area contributed by atoms with Crippen molar-refractivity contribution in [3.8, 4) is 16.6 Å². The molecule has 0 atom stereocenters. The molecule has 6 nitrogen and oxygen atoms in total. The van der Waals surface area contributed by atoms with Crippen molar-refractivity contribution in [3.05, 3.63) is 58.6 Å². The molecule has 0 spiro atoms. The molecule has 0 aliphatic carbocycles. The van der Waals surface area contributed by atoms with Gasteiger partial charge in [-0.2, -0.15) is 5.26 Å². The highest BCUT2D eigenvalue weighted by Crippen LogP contribution is 2.27. The van der Waals surface area contributed by atoms with Crippen LogP contribution in [0.4, 0.5) is 0 Å². The molecule has 0 aliphatic heterocycles. The Labute approximate surface area is 129 Å². The maximum Gasteiger partial charge on any atom is 0.335 e. The molecule has 0 radical (unpaired) electrons. The van der Waals surface area contributed by atoms with Crippen LogP contribution in [0.2, 0.25) is 0 Å². The van der Waals surface area contributed by atoms with E-state index in [1.165, 1.54) is 11.3 Å². The maximum atomic E-state index is 10.9. The highest BCUT2D eigenvalue weighted by Gasteiger charge is 2.16. The Bertz CT molecular complexity index is 845. The van der Waals surface area contributed by atoms with Gasteiger partial charge in [0.05, 0.1) is 17.0 Å². The third-order valence-corrected chi connectivity index (χ3v) is 4.01. The Morgan fingerprint density at radius 3 is 2.68 bits per heavy atom. The van der Waals surface area contributed by atoms with Crippen molar-refractivity contribution < 1.29 is 9.90 Å². The summed E-state index contributed by atoms with van der Waals surface area (Å²) in [5, 5.41) is 27.9. The average molecular weight is 310 g/mol. The Balaban J connectivity index is 1.95. The number of nitriles is 1. The number of carboxylic acid groups (broad SMARTS) is 1. The van der Waals surface area contributed by atoms with Crippen LogP contribution in [-0.4, -0.2) is 26.1 Å². The highest BCUT2D eigenvalue weighted by atomic mass is 32.1. The average Bonchev–Trinajstić information content (AvgIpc) is 3.16. The van der Waals surface area contributed by atoms with Crippen molar-refractivity contribution in [2.45, 2.75) is 6.54 Å². The zero-order chi connectivity index (χ0) is 15.5. The molecule has 3 aromatic rings. The molecule has 1 aromatic carbocycles. The minimum absolute atomic E-state index is 0.235. The third-order valence-electron chi connectivity index (χ3n) is 3.13. The highest BCUT2D eigenvalue weighted by molar-refractivity contribution is 7.13. The van der Waals surface area contributed by atoms with Gasteiger partial charge in [-0.15, -0.1) is 16.4 Å². The van der Waals surface area contributed by atoms with Gasteiger partial charge in [-0.25, -0.2) is 9.48 Å². The number of nitrogens with zero attached hydrogens (tertiary/aromatic N) is 4. The first kappa shape index (κ1) is 14.0. The summed E-state index contributed by atoms with van der Waals surface area (Å²) in [6.45, 7) is 0.418. The normalized spacial score (nSPS) is 10.3. The monoisotopic (exact) mass is 310 g/mol. The van der Waals surface area contributed by atoms with E-state index in [0.29, 0.717) is 12.2 Å². The molecule has 108 valence electrons. The standard InChI is InChI=1S/C15H10N4O2S/c16-8-12-14(13-2-1-7-22-13)19(18-17-12)9-10-3-5-11(6-4-10)15(20)21/h1-7H,9H2,(H,20,21). The summed E-state index contributed by atoms with van der Waals surface area (Å²) in [6.07, 6.45) is 0. The molecule has 2 aromatic heterocycles. The molecule has 3 rings (SSSR count). The Kier molecular flexibility index (Phi) is 3.68. The summed E-state index contributed by atoms with van der Waals surface area (Å²) in [5.41, 5.74) is 2.08. The fourth-order valence-corrected chi connectivity index (χ4v) is 2.86. The van der Waals surface area contributed by atoms with E-state index in [-0.39, 0.29) is 11.3 Å². The Morgan fingerprint density at radius 2 is 2.09 bits per heavy atom. The largest absolute Gasteiger partial charge is 0.478 e. The van der Waals surface area contributed by atoms with E-state index in [1.54, 1.807) is 28.9 Å². The summed E-state index contributed by atoms with van der Waals surface area (Å²) in [4.78, 5) is 11.8. The van der Waals surface area contributed by atoms with Crippen LogP contribution >= 0.6 is 11.3 Å². The van der Waals surface area contributed by atoms with Gasteiger partial charge in [-0.1, -0.05) is 23.4 Å². The number of carbonyl (C=O) groups is 1. The summed E-state index contributed by atoms with van der Waals surface area (Å²) in [6, 6.07) is 12.4. The number of carboxylic acids is 1. The third kappa shape index (κ3) is 2.60. The first-order valence-electron chi connectivity index (χ1n) is 6.38. The van der Waals surface area contributed by atoms with Gasteiger partial charge in [-0.05, 0) is 29.1 Å². The smallest absolute Gasteiger partial charge is 0.335 e. The molecule has 0 fully saturated rings. The van der Waals surface area contributed by atoms with E-state index in [2.05, 4.69) is 10.3 Å². The van der Waals surface area contributed by atoms with Crippen LogP contribution < -0.4 is 0 Å². The van der Waals surface area contributed by atoms with Gasteiger partial charge in [-0.3, -0.25) is 0 Å². The van der Waals surface area contributed by atoms with Crippen LogP contribution in [0.3, 0.4) is 0 Å². The van der Waals surface area contributed by atoms with Crippen LogP contribution in [0.25, 0.3) is 10.6 Å². The fraction of sp³-hybridized carbons (Fsp3) is 0.0667. The van der Waals surface area contributed by atoms with Gasteiger partial charge in [0, 0.05) is 0 Å². The van der Waals surface area contributed by atoms with E-state index in [1.807, 2.05) is 23.6 Å². The van der Waals surface area contributed by atoms with E-state index in [0.717, 1.165) is 10.4 Å². The van der Waals surface area contributed by atoms with Gasteiger partial charge in [0.15, 0.2) is 5.69 Å². The van der Waals surface area contributed by atoms with Crippen LogP contribution in [-0.2, 0) is 6.54 Å². The zero-order valence-electron chi connectivity index (χ0n) is 11.3. The molecule has 0 saturated heterocycles. The number of aromatic nitrogens is 3. The molecule has 0 saturated carbocycles. The van der Waals surface area contributed by atoms with Gasteiger partial charge >= 0.3 is 5.97 Å². The first-order valence-corrected chi connectivity index (χ1v) is 7.26. The summed E-state index contributed by atoms with van der Waals surface area (Å²) >= 11 is 1.51. The van der Waals surface area contributed by atoms with Crippen molar-refractivity contribution >= 4 is 17.3 Å². The number of aromatic carboxylic acids is 1. The summed E-state index contributed by atoms with van der Waals surface area (Å²) in [7, 11) is 0. The first-order chi connectivity index (χ1) is 10.7. The number of hydrogen-bond acceptors (Lipinski definition) is 5. The second kappa shape index (κ2) is 5.79.